The summed E-state index contributed by atoms with van der Waals surface area (Å²) in [6, 6.07) is 15.7. The van der Waals surface area contributed by atoms with E-state index in [4.69, 9.17) is 9.47 Å². The first-order valence-corrected chi connectivity index (χ1v) is 9.44. The number of nitrogens with one attached hydrogen (secondary N) is 2. The summed E-state index contributed by atoms with van der Waals surface area (Å²) < 4.78 is 24.7. The molecular formula is C22H23FN2O3. The Hall–Kier alpha value is -2.70. The van der Waals surface area contributed by atoms with Crippen LogP contribution in [0.25, 0.3) is 6.08 Å². The fourth-order valence-corrected chi connectivity index (χ4v) is 3.62. The fourth-order valence-electron chi connectivity index (χ4n) is 3.62. The van der Waals surface area contributed by atoms with Crippen molar-refractivity contribution in [2.45, 2.75) is 24.8 Å². The number of ether oxygens (including phenoxy) is 2. The Kier molecular flexibility index (Phi) is 5.69. The van der Waals surface area contributed by atoms with E-state index in [-0.39, 0.29) is 36.0 Å². The molecule has 2 aliphatic heterocycles. The minimum absolute atomic E-state index is 0.0534. The number of rotatable bonds is 5. The predicted octanol–water partition coefficient (Wildman–Crippen LogP) is 3.12. The highest BCUT2D eigenvalue weighted by Crippen LogP contribution is 2.32. The van der Waals surface area contributed by atoms with Crippen molar-refractivity contribution in [3.63, 3.8) is 0 Å². The van der Waals surface area contributed by atoms with E-state index in [0.717, 1.165) is 11.1 Å². The Morgan fingerprint density at radius 1 is 1.04 bits per heavy atom. The molecule has 2 fully saturated rings. The summed E-state index contributed by atoms with van der Waals surface area (Å²) in [5, 5.41) is 5.71. The van der Waals surface area contributed by atoms with E-state index in [1.54, 1.807) is 12.1 Å². The second kappa shape index (κ2) is 8.54. The zero-order valence-electron chi connectivity index (χ0n) is 15.4. The topological polar surface area (TPSA) is 59.6 Å². The van der Waals surface area contributed by atoms with E-state index in [2.05, 4.69) is 34.9 Å². The Morgan fingerprint density at radius 3 is 2.57 bits per heavy atom. The van der Waals surface area contributed by atoms with Gasteiger partial charge in [0, 0.05) is 12.5 Å². The number of hydrogen-bond acceptors (Lipinski definition) is 3. The first-order chi connectivity index (χ1) is 13.7. The van der Waals surface area contributed by atoms with Crippen molar-refractivity contribution in [3.05, 3.63) is 77.6 Å². The number of benzene rings is 2. The van der Waals surface area contributed by atoms with Crippen LogP contribution in [0.5, 0.6) is 0 Å². The largest absolute Gasteiger partial charge is 0.373 e. The molecule has 2 aromatic rings. The van der Waals surface area contributed by atoms with Gasteiger partial charge in [-0.1, -0.05) is 54.6 Å². The summed E-state index contributed by atoms with van der Waals surface area (Å²) in [5.74, 6) is -0.129. The summed E-state index contributed by atoms with van der Waals surface area (Å²) in [6.45, 7) is 1.33. The maximum absolute atomic E-state index is 12.9. The third-order valence-electron chi connectivity index (χ3n) is 5.11. The van der Waals surface area contributed by atoms with Gasteiger partial charge in [0.15, 0.2) is 0 Å². The Bertz CT molecular complexity index is 825. The predicted molar refractivity (Wildman–Crippen MR) is 104 cm³/mol. The number of carbonyl (C=O) groups excluding carboxylic acids is 1. The van der Waals surface area contributed by atoms with E-state index >= 15 is 0 Å². The van der Waals surface area contributed by atoms with Gasteiger partial charge in [0.1, 0.15) is 11.9 Å². The van der Waals surface area contributed by atoms with Gasteiger partial charge in [-0.25, -0.2) is 9.18 Å². The normalized spacial score (nSPS) is 26.3. The highest BCUT2D eigenvalue weighted by Gasteiger charge is 2.47. The van der Waals surface area contributed by atoms with Gasteiger partial charge in [-0.3, -0.25) is 0 Å². The van der Waals surface area contributed by atoms with Gasteiger partial charge >= 0.3 is 6.03 Å². The molecule has 2 heterocycles. The molecule has 146 valence electrons. The number of carbonyl (C=O) groups is 1. The molecule has 4 rings (SSSR count). The fraction of sp³-hybridized carbons (Fsp3) is 0.318. The molecular weight excluding hydrogens is 359 g/mol. The maximum Gasteiger partial charge on any atom is 0.315 e. The van der Waals surface area contributed by atoms with E-state index in [0.29, 0.717) is 19.8 Å². The Balaban J connectivity index is 1.27. The number of amides is 2. The summed E-state index contributed by atoms with van der Waals surface area (Å²) in [7, 11) is 0. The monoisotopic (exact) mass is 382 g/mol. The van der Waals surface area contributed by atoms with Crippen LogP contribution in [-0.4, -0.2) is 37.5 Å². The van der Waals surface area contributed by atoms with Crippen molar-refractivity contribution in [2.24, 2.45) is 5.92 Å². The molecule has 1 unspecified atom stereocenters. The SMILES string of the molecule is O=C(NCc1ccc(F)cc1)N[C@H]1COC2[C@H](C=Cc3ccccc3)CO[C@@H]21. The summed E-state index contributed by atoms with van der Waals surface area (Å²) >= 11 is 0. The first kappa shape index (κ1) is 18.7. The van der Waals surface area contributed by atoms with Crippen LogP contribution in [0.2, 0.25) is 0 Å². The van der Waals surface area contributed by atoms with Crippen LogP contribution in [0, 0.1) is 11.7 Å². The molecule has 6 heteroatoms. The third kappa shape index (κ3) is 4.40. The van der Waals surface area contributed by atoms with Crippen LogP contribution >= 0.6 is 0 Å². The van der Waals surface area contributed by atoms with Crippen LogP contribution in [0.4, 0.5) is 9.18 Å². The zero-order valence-corrected chi connectivity index (χ0v) is 15.4. The number of fused-ring (bicyclic) bond motifs is 1. The summed E-state index contributed by atoms with van der Waals surface area (Å²) in [4.78, 5) is 12.2. The van der Waals surface area contributed by atoms with Crippen molar-refractivity contribution in [2.75, 3.05) is 13.2 Å². The molecule has 2 N–H and O–H groups in total. The molecule has 0 saturated carbocycles. The molecule has 0 aliphatic carbocycles. The summed E-state index contributed by atoms with van der Waals surface area (Å²) in [6.07, 6.45) is 4.00. The molecule has 2 saturated heterocycles. The van der Waals surface area contributed by atoms with Crippen molar-refractivity contribution in [1.82, 2.24) is 10.6 Å². The maximum atomic E-state index is 12.9. The zero-order chi connectivity index (χ0) is 19.3. The number of urea groups is 1. The lowest BCUT2D eigenvalue weighted by molar-refractivity contribution is 0.0661. The molecule has 0 radical (unpaired) electrons. The molecule has 4 atom stereocenters. The molecule has 28 heavy (non-hydrogen) atoms. The minimum Gasteiger partial charge on any atom is -0.373 e. The molecule has 2 aromatic carbocycles. The molecule has 0 spiro atoms. The average molecular weight is 382 g/mol. The summed E-state index contributed by atoms with van der Waals surface area (Å²) in [5.41, 5.74) is 1.97. The van der Waals surface area contributed by atoms with Crippen LogP contribution in [0.3, 0.4) is 0 Å². The molecule has 2 amide bonds. The lowest BCUT2D eigenvalue weighted by Gasteiger charge is -2.18. The lowest BCUT2D eigenvalue weighted by Crippen LogP contribution is -2.48. The van der Waals surface area contributed by atoms with Gasteiger partial charge in [-0.2, -0.15) is 0 Å². The molecule has 5 nitrogen and oxygen atoms in total. The van der Waals surface area contributed by atoms with E-state index < -0.39 is 0 Å². The quantitative estimate of drug-likeness (QED) is 0.835. The van der Waals surface area contributed by atoms with E-state index in [1.807, 2.05) is 18.2 Å². The van der Waals surface area contributed by atoms with Gasteiger partial charge < -0.3 is 20.1 Å². The highest BCUT2D eigenvalue weighted by molar-refractivity contribution is 5.74. The van der Waals surface area contributed by atoms with Crippen LogP contribution in [-0.2, 0) is 16.0 Å². The number of halogens is 1. The highest BCUT2D eigenvalue weighted by atomic mass is 19.1. The van der Waals surface area contributed by atoms with Gasteiger partial charge in [-0.05, 0) is 23.3 Å². The standard InChI is InChI=1S/C22H23FN2O3/c23-18-10-7-16(8-11-18)12-24-22(26)25-19-14-28-20-17(13-27-21(19)20)9-6-15-4-2-1-3-5-15/h1-11,17,19-21H,12-14H2,(H2,24,25,26)/t17-,19+,20?,21-/m1/s1. The van der Waals surface area contributed by atoms with Crippen molar-refractivity contribution in [1.29, 1.82) is 0 Å². The van der Waals surface area contributed by atoms with E-state index in [9.17, 15) is 9.18 Å². The Morgan fingerprint density at radius 2 is 1.79 bits per heavy atom. The lowest BCUT2D eigenvalue weighted by atomic mass is 9.99. The molecule has 0 bridgehead atoms. The van der Waals surface area contributed by atoms with Gasteiger partial charge in [0.2, 0.25) is 0 Å². The number of hydrogen-bond donors (Lipinski definition) is 2. The van der Waals surface area contributed by atoms with Crippen LogP contribution in [0.1, 0.15) is 11.1 Å². The third-order valence-corrected chi connectivity index (χ3v) is 5.11. The van der Waals surface area contributed by atoms with Crippen molar-refractivity contribution in [3.8, 4) is 0 Å². The van der Waals surface area contributed by atoms with Gasteiger partial charge in [0.05, 0.1) is 25.4 Å². The first-order valence-electron chi connectivity index (χ1n) is 9.44. The average Bonchev–Trinajstić information content (AvgIpc) is 3.30. The van der Waals surface area contributed by atoms with Crippen LogP contribution in [0.15, 0.2) is 60.7 Å². The smallest absolute Gasteiger partial charge is 0.315 e. The van der Waals surface area contributed by atoms with Crippen molar-refractivity contribution < 1.29 is 18.7 Å². The molecule has 2 aliphatic rings. The van der Waals surface area contributed by atoms with Crippen LogP contribution < -0.4 is 10.6 Å². The van der Waals surface area contributed by atoms with Gasteiger partial charge in [0.25, 0.3) is 0 Å². The molecule has 0 aromatic heterocycles. The van der Waals surface area contributed by atoms with Crippen molar-refractivity contribution >= 4 is 12.1 Å². The van der Waals surface area contributed by atoms with Gasteiger partial charge in [-0.15, -0.1) is 0 Å². The second-order valence-electron chi connectivity index (χ2n) is 7.09. The van der Waals surface area contributed by atoms with E-state index in [1.165, 1.54) is 12.1 Å². The Labute approximate surface area is 163 Å². The second-order valence-corrected chi connectivity index (χ2v) is 7.09. The minimum atomic E-state index is -0.295.